The van der Waals surface area contributed by atoms with Crippen molar-refractivity contribution < 1.29 is 5.11 Å². The fourth-order valence-electron chi connectivity index (χ4n) is 2.13. The average Bonchev–Trinajstić information content (AvgIpc) is 2.11. The van der Waals surface area contributed by atoms with E-state index in [2.05, 4.69) is 46.9 Å². The van der Waals surface area contributed by atoms with Crippen molar-refractivity contribution in [3.8, 4) is 0 Å². The van der Waals surface area contributed by atoms with Crippen molar-refractivity contribution in [2.75, 3.05) is 6.61 Å². The number of aliphatic hydroxyl groups excluding tert-OH is 1. The summed E-state index contributed by atoms with van der Waals surface area (Å²) in [7, 11) is 0. The molecule has 0 saturated carbocycles. The van der Waals surface area contributed by atoms with Crippen LogP contribution < -0.4 is 5.32 Å². The third kappa shape index (κ3) is 7.24. The molecule has 0 heterocycles. The van der Waals surface area contributed by atoms with E-state index in [1.165, 1.54) is 12.8 Å². The van der Waals surface area contributed by atoms with Gasteiger partial charge in [0.2, 0.25) is 0 Å². The van der Waals surface area contributed by atoms with Gasteiger partial charge in [0.1, 0.15) is 0 Å². The van der Waals surface area contributed by atoms with Gasteiger partial charge < -0.3 is 10.4 Å². The van der Waals surface area contributed by atoms with Gasteiger partial charge in [0.15, 0.2) is 0 Å². The summed E-state index contributed by atoms with van der Waals surface area (Å²) in [6.45, 7) is 13.6. The Morgan fingerprint density at radius 1 is 0.875 bits per heavy atom. The highest BCUT2D eigenvalue weighted by molar-refractivity contribution is 4.78. The summed E-state index contributed by atoms with van der Waals surface area (Å²) in [5, 5.41) is 13.0. The first-order valence-electron chi connectivity index (χ1n) is 6.73. The Labute approximate surface area is 102 Å². The minimum atomic E-state index is 0.238. The standard InChI is InChI=1S/C14H31NO/c1-10(2)7-13(8-11(3)4)15-14(9-16)12(5)6/h10-16H,7-9H2,1-6H3. The van der Waals surface area contributed by atoms with E-state index in [1.54, 1.807) is 0 Å². The van der Waals surface area contributed by atoms with Crippen molar-refractivity contribution in [1.29, 1.82) is 0 Å². The lowest BCUT2D eigenvalue weighted by atomic mass is 9.93. The van der Waals surface area contributed by atoms with Gasteiger partial charge in [0.05, 0.1) is 6.61 Å². The largest absolute Gasteiger partial charge is 0.395 e. The van der Waals surface area contributed by atoms with Crippen molar-refractivity contribution >= 4 is 0 Å². The SMILES string of the molecule is CC(C)CC(CC(C)C)NC(CO)C(C)C. The van der Waals surface area contributed by atoms with E-state index in [9.17, 15) is 5.11 Å². The molecule has 0 spiro atoms. The quantitative estimate of drug-likeness (QED) is 0.670. The van der Waals surface area contributed by atoms with Crippen molar-refractivity contribution in [3.05, 3.63) is 0 Å². The average molecular weight is 229 g/mol. The van der Waals surface area contributed by atoms with Gasteiger partial charge in [-0.1, -0.05) is 41.5 Å². The molecule has 0 aromatic rings. The highest BCUT2D eigenvalue weighted by Crippen LogP contribution is 2.15. The summed E-state index contributed by atoms with van der Waals surface area (Å²) in [5.41, 5.74) is 0. The topological polar surface area (TPSA) is 32.3 Å². The minimum Gasteiger partial charge on any atom is -0.395 e. The Balaban J connectivity index is 4.27. The molecule has 1 unspecified atom stereocenters. The van der Waals surface area contributed by atoms with E-state index >= 15 is 0 Å². The molecule has 0 saturated heterocycles. The predicted octanol–water partition coefficient (Wildman–Crippen LogP) is 3.05. The molecule has 0 aromatic heterocycles. The molecule has 2 N–H and O–H groups in total. The van der Waals surface area contributed by atoms with Crippen LogP contribution in [0.3, 0.4) is 0 Å². The molecule has 0 radical (unpaired) electrons. The van der Waals surface area contributed by atoms with Gasteiger partial charge in [0.25, 0.3) is 0 Å². The smallest absolute Gasteiger partial charge is 0.0587 e. The number of rotatable bonds is 8. The summed E-state index contributed by atoms with van der Waals surface area (Å²) < 4.78 is 0. The van der Waals surface area contributed by atoms with Crippen LogP contribution in [-0.2, 0) is 0 Å². The third-order valence-corrected chi connectivity index (χ3v) is 2.96. The summed E-state index contributed by atoms with van der Waals surface area (Å²) >= 11 is 0. The maximum atomic E-state index is 9.35. The van der Waals surface area contributed by atoms with Crippen LogP contribution in [0.1, 0.15) is 54.4 Å². The molecule has 2 nitrogen and oxygen atoms in total. The van der Waals surface area contributed by atoms with Crippen LogP contribution in [0, 0.1) is 17.8 Å². The second-order valence-corrected chi connectivity index (χ2v) is 6.16. The Morgan fingerprint density at radius 3 is 1.56 bits per heavy atom. The first kappa shape index (κ1) is 15.9. The minimum absolute atomic E-state index is 0.238. The zero-order chi connectivity index (χ0) is 12.7. The van der Waals surface area contributed by atoms with E-state index in [4.69, 9.17) is 0 Å². The van der Waals surface area contributed by atoms with E-state index in [0.29, 0.717) is 23.8 Å². The lowest BCUT2D eigenvalue weighted by molar-refractivity contribution is 0.186. The zero-order valence-electron chi connectivity index (χ0n) is 12.0. The lowest BCUT2D eigenvalue weighted by Crippen LogP contribution is -2.44. The molecule has 0 bridgehead atoms. The van der Waals surface area contributed by atoms with Crippen LogP contribution in [0.2, 0.25) is 0 Å². The van der Waals surface area contributed by atoms with Gasteiger partial charge in [-0.3, -0.25) is 0 Å². The first-order chi connectivity index (χ1) is 7.36. The molecular formula is C14H31NO. The first-order valence-corrected chi connectivity index (χ1v) is 6.73. The zero-order valence-corrected chi connectivity index (χ0v) is 12.0. The second kappa shape index (κ2) is 8.08. The van der Waals surface area contributed by atoms with E-state index in [0.717, 1.165) is 0 Å². The van der Waals surface area contributed by atoms with Crippen molar-refractivity contribution in [1.82, 2.24) is 5.32 Å². The van der Waals surface area contributed by atoms with E-state index in [-0.39, 0.29) is 12.6 Å². The van der Waals surface area contributed by atoms with Crippen LogP contribution in [0.15, 0.2) is 0 Å². The molecule has 0 fully saturated rings. The highest BCUT2D eigenvalue weighted by Gasteiger charge is 2.19. The van der Waals surface area contributed by atoms with Gasteiger partial charge in [-0.05, 0) is 30.6 Å². The maximum absolute atomic E-state index is 9.35. The van der Waals surface area contributed by atoms with Crippen LogP contribution in [0.25, 0.3) is 0 Å². The van der Waals surface area contributed by atoms with Crippen LogP contribution >= 0.6 is 0 Å². The molecule has 0 aromatic carbocycles. The maximum Gasteiger partial charge on any atom is 0.0587 e. The van der Waals surface area contributed by atoms with Gasteiger partial charge in [-0.2, -0.15) is 0 Å². The van der Waals surface area contributed by atoms with Crippen LogP contribution in [0.4, 0.5) is 0 Å². The Kier molecular flexibility index (Phi) is 8.04. The fraction of sp³-hybridized carbons (Fsp3) is 1.00. The molecular weight excluding hydrogens is 198 g/mol. The van der Waals surface area contributed by atoms with Crippen molar-refractivity contribution in [2.24, 2.45) is 17.8 Å². The molecule has 0 aliphatic carbocycles. The van der Waals surface area contributed by atoms with Gasteiger partial charge in [-0.25, -0.2) is 0 Å². The lowest BCUT2D eigenvalue weighted by Gasteiger charge is -2.29. The Morgan fingerprint density at radius 2 is 1.31 bits per heavy atom. The summed E-state index contributed by atoms with van der Waals surface area (Å²) in [5.74, 6) is 1.91. The number of hydrogen-bond donors (Lipinski definition) is 2. The Hall–Kier alpha value is -0.0800. The predicted molar refractivity (Wildman–Crippen MR) is 71.5 cm³/mol. The molecule has 0 rings (SSSR count). The van der Waals surface area contributed by atoms with Gasteiger partial charge in [0, 0.05) is 12.1 Å². The summed E-state index contributed by atoms with van der Waals surface area (Å²) in [4.78, 5) is 0. The van der Waals surface area contributed by atoms with E-state index < -0.39 is 0 Å². The van der Waals surface area contributed by atoms with Gasteiger partial charge >= 0.3 is 0 Å². The van der Waals surface area contributed by atoms with E-state index in [1.807, 2.05) is 0 Å². The summed E-state index contributed by atoms with van der Waals surface area (Å²) in [6, 6.07) is 0.780. The fourth-order valence-corrected chi connectivity index (χ4v) is 2.13. The number of nitrogens with one attached hydrogen (secondary N) is 1. The van der Waals surface area contributed by atoms with Crippen molar-refractivity contribution in [3.63, 3.8) is 0 Å². The molecule has 98 valence electrons. The third-order valence-electron chi connectivity index (χ3n) is 2.96. The number of hydrogen-bond acceptors (Lipinski definition) is 2. The van der Waals surface area contributed by atoms with Crippen molar-refractivity contribution in [2.45, 2.75) is 66.5 Å². The van der Waals surface area contributed by atoms with Gasteiger partial charge in [-0.15, -0.1) is 0 Å². The molecule has 0 amide bonds. The Bertz CT molecular complexity index is 156. The molecule has 16 heavy (non-hydrogen) atoms. The molecule has 0 aliphatic rings. The second-order valence-electron chi connectivity index (χ2n) is 6.16. The molecule has 1 atom stereocenters. The molecule has 0 aliphatic heterocycles. The normalized spacial score (nSPS) is 14.4. The van der Waals surface area contributed by atoms with Crippen LogP contribution in [-0.4, -0.2) is 23.8 Å². The molecule has 2 heteroatoms. The highest BCUT2D eigenvalue weighted by atomic mass is 16.3. The number of aliphatic hydroxyl groups is 1. The van der Waals surface area contributed by atoms with Crippen LogP contribution in [0.5, 0.6) is 0 Å². The monoisotopic (exact) mass is 229 g/mol. The summed E-state index contributed by atoms with van der Waals surface area (Å²) in [6.07, 6.45) is 2.39.